The zero-order valence-corrected chi connectivity index (χ0v) is 15.0. The first-order valence-corrected chi connectivity index (χ1v) is 8.68. The van der Waals surface area contributed by atoms with Gasteiger partial charge in [0.05, 0.1) is 10.6 Å². The van der Waals surface area contributed by atoms with Crippen LogP contribution in [-0.2, 0) is 4.79 Å². The van der Waals surface area contributed by atoms with Crippen molar-refractivity contribution in [2.24, 2.45) is 5.92 Å². The van der Waals surface area contributed by atoms with Crippen molar-refractivity contribution in [1.82, 2.24) is 10.2 Å². The second kappa shape index (κ2) is 8.02. The monoisotopic (exact) mass is 356 g/mol. The van der Waals surface area contributed by atoms with Crippen LogP contribution in [0, 0.1) is 5.92 Å². The number of benzene rings is 1. The van der Waals surface area contributed by atoms with Gasteiger partial charge in [0.15, 0.2) is 0 Å². The van der Waals surface area contributed by atoms with Gasteiger partial charge in [0.1, 0.15) is 6.04 Å². The number of carbonyl (C=O) groups excluding carboxylic acids is 2. The molecule has 1 heterocycles. The number of hydrogen-bond acceptors (Lipinski definition) is 2. The van der Waals surface area contributed by atoms with Gasteiger partial charge in [0, 0.05) is 18.1 Å². The fourth-order valence-corrected chi connectivity index (χ4v) is 3.25. The van der Waals surface area contributed by atoms with Gasteiger partial charge in [-0.25, -0.2) is 0 Å². The Balaban J connectivity index is 2.12. The number of hydrogen-bond donors (Lipinski definition) is 1. The maximum atomic E-state index is 12.6. The van der Waals surface area contributed by atoms with E-state index in [9.17, 15) is 9.59 Å². The summed E-state index contributed by atoms with van der Waals surface area (Å²) in [5.74, 6) is -0.0490. The molecule has 1 atom stereocenters. The van der Waals surface area contributed by atoms with Crippen molar-refractivity contribution in [3.8, 4) is 0 Å². The Labute approximate surface area is 147 Å². The predicted octanol–water partition coefficient (Wildman–Crippen LogP) is 3.76. The molecule has 4 nitrogen and oxygen atoms in total. The van der Waals surface area contributed by atoms with Gasteiger partial charge in [-0.05, 0) is 43.4 Å². The Morgan fingerprint density at radius 3 is 2.43 bits per heavy atom. The number of rotatable bonds is 5. The number of carbonyl (C=O) groups is 2. The Morgan fingerprint density at radius 1 is 1.22 bits per heavy atom. The average Bonchev–Trinajstić information content (AvgIpc) is 2.99. The van der Waals surface area contributed by atoms with Crippen LogP contribution < -0.4 is 5.32 Å². The van der Waals surface area contributed by atoms with Gasteiger partial charge in [-0.2, -0.15) is 0 Å². The molecule has 23 heavy (non-hydrogen) atoms. The van der Waals surface area contributed by atoms with Gasteiger partial charge in [0.25, 0.3) is 5.91 Å². The third-order valence-electron chi connectivity index (χ3n) is 3.90. The minimum Gasteiger partial charge on any atom is -0.341 e. The highest BCUT2D eigenvalue weighted by Crippen LogP contribution is 2.21. The number of amides is 2. The summed E-state index contributed by atoms with van der Waals surface area (Å²) in [5, 5.41) is 3.60. The molecule has 0 unspecified atom stereocenters. The molecule has 2 rings (SSSR count). The molecule has 0 aliphatic carbocycles. The number of nitrogens with zero attached hydrogens (tertiary/aromatic N) is 1. The summed E-state index contributed by atoms with van der Waals surface area (Å²) in [5.41, 5.74) is 0.332. The summed E-state index contributed by atoms with van der Waals surface area (Å²) in [6.07, 6.45) is 2.65. The topological polar surface area (TPSA) is 49.4 Å². The number of likely N-dealkylation sites (tertiary alicyclic amines) is 1. The second-order valence-corrected chi connectivity index (χ2v) is 7.16. The molecule has 1 saturated heterocycles. The van der Waals surface area contributed by atoms with E-state index in [4.69, 9.17) is 23.2 Å². The van der Waals surface area contributed by atoms with E-state index >= 15 is 0 Å². The van der Waals surface area contributed by atoms with Crippen LogP contribution in [0.4, 0.5) is 0 Å². The normalized spacial score (nSPS) is 15.8. The molecule has 6 heteroatoms. The molecule has 0 saturated carbocycles. The van der Waals surface area contributed by atoms with E-state index in [1.807, 2.05) is 18.7 Å². The zero-order valence-electron chi connectivity index (χ0n) is 13.4. The largest absolute Gasteiger partial charge is 0.341 e. The molecule has 1 aliphatic heterocycles. The lowest BCUT2D eigenvalue weighted by Crippen LogP contribution is -2.48. The van der Waals surface area contributed by atoms with Gasteiger partial charge in [-0.3, -0.25) is 9.59 Å². The molecule has 126 valence electrons. The van der Waals surface area contributed by atoms with Gasteiger partial charge in [0.2, 0.25) is 5.91 Å². The number of nitrogens with one attached hydrogen (secondary N) is 1. The second-order valence-electron chi connectivity index (χ2n) is 6.31. The van der Waals surface area contributed by atoms with Crippen LogP contribution in [0.3, 0.4) is 0 Å². The van der Waals surface area contributed by atoms with E-state index in [0.29, 0.717) is 22.9 Å². The lowest BCUT2D eigenvalue weighted by atomic mass is 10.0. The Hall–Kier alpha value is -1.26. The molecule has 0 aromatic heterocycles. The summed E-state index contributed by atoms with van der Waals surface area (Å²) in [6.45, 7) is 5.60. The first-order valence-electron chi connectivity index (χ1n) is 7.93. The van der Waals surface area contributed by atoms with Gasteiger partial charge < -0.3 is 10.2 Å². The highest BCUT2D eigenvalue weighted by atomic mass is 35.5. The van der Waals surface area contributed by atoms with Gasteiger partial charge >= 0.3 is 0 Å². The smallest absolute Gasteiger partial charge is 0.253 e. The Bertz CT molecular complexity index is 584. The minimum absolute atomic E-state index is 0.00497. The molecule has 2 amide bonds. The third kappa shape index (κ3) is 4.85. The van der Waals surface area contributed by atoms with Crippen molar-refractivity contribution in [1.29, 1.82) is 0 Å². The van der Waals surface area contributed by atoms with Crippen LogP contribution in [0.15, 0.2) is 18.2 Å². The number of halogens is 2. The maximum absolute atomic E-state index is 12.6. The third-order valence-corrected chi connectivity index (χ3v) is 4.45. The molecular formula is C17H22Cl2N2O2. The Kier molecular flexibility index (Phi) is 6.31. The van der Waals surface area contributed by atoms with E-state index in [-0.39, 0.29) is 16.8 Å². The Morgan fingerprint density at radius 2 is 1.87 bits per heavy atom. The van der Waals surface area contributed by atoms with Crippen molar-refractivity contribution in [3.05, 3.63) is 33.8 Å². The molecule has 1 aliphatic rings. The maximum Gasteiger partial charge on any atom is 0.253 e. The molecule has 1 aromatic rings. The van der Waals surface area contributed by atoms with E-state index < -0.39 is 6.04 Å². The predicted molar refractivity (Wildman–Crippen MR) is 93.0 cm³/mol. The molecule has 0 spiro atoms. The minimum atomic E-state index is -0.521. The molecule has 1 aromatic carbocycles. The summed E-state index contributed by atoms with van der Waals surface area (Å²) in [7, 11) is 0. The van der Waals surface area contributed by atoms with Crippen molar-refractivity contribution in [3.63, 3.8) is 0 Å². The van der Waals surface area contributed by atoms with Crippen LogP contribution in [0.2, 0.25) is 10.0 Å². The van der Waals surface area contributed by atoms with E-state index in [2.05, 4.69) is 5.32 Å². The highest BCUT2D eigenvalue weighted by molar-refractivity contribution is 6.36. The molecular weight excluding hydrogens is 335 g/mol. The SMILES string of the molecule is CC(C)C[C@H](NC(=O)c1ccc(Cl)cc1Cl)C(=O)N1CCCC1. The van der Waals surface area contributed by atoms with E-state index in [0.717, 1.165) is 25.9 Å². The fourth-order valence-electron chi connectivity index (χ4n) is 2.76. The summed E-state index contributed by atoms with van der Waals surface area (Å²) in [6, 6.07) is 4.19. The average molecular weight is 357 g/mol. The standard InChI is InChI=1S/C17H22Cl2N2O2/c1-11(2)9-15(17(23)21-7-3-4-8-21)20-16(22)13-6-5-12(18)10-14(13)19/h5-6,10-11,15H,3-4,7-9H2,1-2H3,(H,20,22)/t15-/m0/s1. The van der Waals surface area contributed by atoms with Crippen molar-refractivity contribution in [2.75, 3.05) is 13.1 Å². The lowest BCUT2D eigenvalue weighted by molar-refractivity contribution is -0.132. The van der Waals surface area contributed by atoms with Gasteiger partial charge in [-0.15, -0.1) is 0 Å². The summed E-state index contributed by atoms with van der Waals surface area (Å²) < 4.78 is 0. The molecule has 0 bridgehead atoms. The molecule has 0 radical (unpaired) electrons. The zero-order chi connectivity index (χ0) is 17.0. The van der Waals surface area contributed by atoms with Crippen molar-refractivity contribution in [2.45, 2.75) is 39.2 Å². The fraction of sp³-hybridized carbons (Fsp3) is 0.529. The van der Waals surface area contributed by atoms with Crippen LogP contribution in [-0.4, -0.2) is 35.8 Å². The van der Waals surface area contributed by atoms with Crippen LogP contribution >= 0.6 is 23.2 Å². The molecule has 1 N–H and O–H groups in total. The first kappa shape index (κ1) is 18.1. The van der Waals surface area contributed by atoms with Crippen molar-refractivity contribution < 1.29 is 9.59 Å². The van der Waals surface area contributed by atoms with Gasteiger partial charge in [-0.1, -0.05) is 37.0 Å². The quantitative estimate of drug-likeness (QED) is 0.872. The van der Waals surface area contributed by atoms with E-state index in [1.54, 1.807) is 12.1 Å². The van der Waals surface area contributed by atoms with Crippen LogP contribution in [0.1, 0.15) is 43.5 Å². The highest BCUT2D eigenvalue weighted by Gasteiger charge is 2.29. The summed E-state index contributed by atoms with van der Waals surface area (Å²) in [4.78, 5) is 27.0. The molecule has 1 fully saturated rings. The lowest BCUT2D eigenvalue weighted by Gasteiger charge is -2.25. The summed E-state index contributed by atoms with van der Waals surface area (Å²) >= 11 is 11.9. The van der Waals surface area contributed by atoms with E-state index in [1.165, 1.54) is 6.07 Å². The van der Waals surface area contributed by atoms with Crippen LogP contribution in [0.5, 0.6) is 0 Å². The van der Waals surface area contributed by atoms with Crippen molar-refractivity contribution >= 4 is 35.0 Å². The van der Waals surface area contributed by atoms with Crippen LogP contribution in [0.25, 0.3) is 0 Å². The first-order chi connectivity index (χ1) is 10.9.